The van der Waals surface area contributed by atoms with E-state index in [0.717, 1.165) is 0 Å². The number of hydrogen-bond donors (Lipinski definition) is 2. The molecule has 0 aliphatic rings. The highest BCUT2D eigenvalue weighted by atomic mass is 16.6. The van der Waals surface area contributed by atoms with Crippen molar-refractivity contribution < 1.29 is 24.2 Å². The first kappa shape index (κ1) is 28.0. The minimum Gasteiger partial charge on any atom is -0.496 e. The number of nitro groups is 2. The predicted octanol–water partition coefficient (Wildman–Crippen LogP) is 3.48. The maximum absolute atomic E-state index is 12.9. The summed E-state index contributed by atoms with van der Waals surface area (Å²) in [7, 11) is 1.48. The number of nitrogens with one attached hydrogen (secondary N) is 2. The third-order valence-corrected chi connectivity index (χ3v) is 5.87. The monoisotopic (exact) mass is 558 g/mol. The minimum absolute atomic E-state index is 0.100. The molecule has 0 saturated heterocycles. The van der Waals surface area contributed by atoms with Crippen LogP contribution in [0.5, 0.6) is 5.75 Å². The molecule has 2 amide bonds. The molecular weight excluding hydrogens is 536 g/mol. The third-order valence-electron chi connectivity index (χ3n) is 5.87. The number of para-hydroxylation sites is 1. The number of methoxy groups -OCH3 is 1. The van der Waals surface area contributed by atoms with Gasteiger partial charge in [0.25, 0.3) is 17.5 Å². The maximum Gasteiger partial charge on any atom is 0.490 e. The van der Waals surface area contributed by atoms with Gasteiger partial charge in [0.1, 0.15) is 5.75 Å². The Hall–Kier alpha value is -5.99. The van der Waals surface area contributed by atoms with Crippen LogP contribution in [0.15, 0.2) is 72.1 Å². The molecule has 4 aromatic rings. The van der Waals surface area contributed by atoms with Crippen LogP contribution >= 0.6 is 0 Å². The van der Waals surface area contributed by atoms with Gasteiger partial charge in [-0.2, -0.15) is 9.78 Å². The molecule has 0 aliphatic carbocycles. The number of hydrogen-bond acceptors (Lipinski definition) is 10. The summed E-state index contributed by atoms with van der Waals surface area (Å²) >= 11 is 0. The fourth-order valence-corrected chi connectivity index (χ4v) is 3.89. The van der Waals surface area contributed by atoms with E-state index in [1.54, 1.807) is 30.3 Å². The fraction of sp³-hybridized carbons (Fsp3) is 0.115. The zero-order valence-electron chi connectivity index (χ0n) is 21.7. The standard InChI is InChI=1S/C26H22N8O7/c1-16-19(7-5-9-22(16)33(37)38)24(35)29-21-8-4-3-6-20(21)25(36)30-28-13-17-10-11-23(41-2)18(12-17)14-32-15-27-26(31-32)34(39)40/h3-13,15H,14H2,1-2H3,(H,29,35)(H,30,36). The van der Waals surface area contributed by atoms with E-state index in [0.29, 0.717) is 16.9 Å². The molecule has 0 saturated carbocycles. The summed E-state index contributed by atoms with van der Waals surface area (Å²) in [5.74, 6) is -1.25. The van der Waals surface area contributed by atoms with Crippen LogP contribution in [-0.2, 0) is 6.54 Å². The molecule has 1 heterocycles. The van der Waals surface area contributed by atoms with Gasteiger partial charge in [0.15, 0.2) is 0 Å². The summed E-state index contributed by atoms with van der Waals surface area (Å²) in [5, 5.41) is 32.5. The van der Waals surface area contributed by atoms with E-state index >= 15 is 0 Å². The number of carbonyl (C=O) groups is 2. The first-order valence-electron chi connectivity index (χ1n) is 11.9. The molecule has 0 fully saturated rings. The van der Waals surface area contributed by atoms with Gasteiger partial charge in [0.05, 0.1) is 36.0 Å². The van der Waals surface area contributed by atoms with Crippen LogP contribution in [0.1, 0.15) is 37.4 Å². The Kier molecular flexibility index (Phi) is 8.37. The van der Waals surface area contributed by atoms with Crippen molar-refractivity contribution in [2.24, 2.45) is 5.10 Å². The van der Waals surface area contributed by atoms with Crippen molar-refractivity contribution in [2.45, 2.75) is 13.5 Å². The minimum atomic E-state index is -0.697. The molecule has 2 N–H and O–H groups in total. The molecule has 15 heteroatoms. The zero-order valence-corrected chi connectivity index (χ0v) is 21.7. The van der Waals surface area contributed by atoms with Crippen molar-refractivity contribution >= 4 is 35.4 Å². The number of anilines is 1. The summed E-state index contributed by atoms with van der Waals surface area (Å²) in [6.07, 6.45) is 2.62. The molecule has 0 aliphatic heterocycles. The quantitative estimate of drug-likeness (QED) is 0.166. The molecule has 0 atom stereocenters. The lowest BCUT2D eigenvalue weighted by Gasteiger charge is -2.11. The molecule has 0 spiro atoms. The Morgan fingerprint density at radius 1 is 1.02 bits per heavy atom. The molecule has 41 heavy (non-hydrogen) atoms. The molecule has 1 aromatic heterocycles. The lowest BCUT2D eigenvalue weighted by atomic mass is 10.1. The first-order valence-corrected chi connectivity index (χ1v) is 11.9. The van der Waals surface area contributed by atoms with E-state index in [4.69, 9.17) is 4.74 Å². The van der Waals surface area contributed by atoms with Gasteiger partial charge in [0, 0.05) is 27.9 Å². The number of amides is 2. The summed E-state index contributed by atoms with van der Waals surface area (Å²) in [4.78, 5) is 50.2. The second-order valence-electron chi connectivity index (χ2n) is 8.48. The Bertz CT molecular complexity index is 1680. The van der Waals surface area contributed by atoms with Gasteiger partial charge >= 0.3 is 5.95 Å². The third kappa shape index (κ3) is 6.54. The number of rotatable bonds is 10. The van der Waals surface area contributed by atoms with E-state index < -0.39 is 27.6 Å². The van der Waals surface area contributed by atoms with Crippen LogP contribution in [0.3, 0.4) is 0 Å². The average Bonchev–Trinajstić information content (AvgIpc) is 3.42. The molecular formula is C26H22N8O7. The van der Waals surface area contributed by atoms with Gasteiger partial charge in [-0.15, -0.1) is 0 Å². The Balaban J connectivity index is 1.47. The van der Waals surface area contributed by atoms with E-state index in [2.05, 4.69) is 25.9 Å². The maximum atomic E-state index is 12.9. The number of ether oxygens (including phenoxy) is 1. The number of nitro benzene ring substituents is 1. The van der Waals surface area contributed by atoms with Crippen molar-refractivity contribution in [3.8, 4) is 5.75 Å². The lowest BCUT2D eigenvalue weighted by Crippen LogP contribution is -2.21. The Morgan fingerprint density at radius 3 is 2.49 bits per heavy atom. The van der Waals surface area contributed by atoms with Crippen molar-refractivity contribution in [1.29, 1.82) is 0 Å². The molecule has 0 radical (unpaired) electrons. The van der Waals surface area contributed by atoms with Crippen LogP contribution in [0.4, 0.5) is 17.3 Å². The van der Waals surface area contributed by atoms with E-state index in [1.807, 2.05) is 0 Å². The highest BCUT2D eigenvalue weighted by Gasteiger charge is 2.20. The normalized spacial score (nSPS) is 10.8. The molecule has 15 nitrogen and oxygen atoms in total. The second kappa shape index (κ2) is 12.2. The zero-order chi connectivity index (χ0) is 29.5. The van der Waals surface area contributed by atoms with Gasteiger partial charge in [-0.1, -0.05) is 23.2 Å². The molecule has 0 bridgehead atoms. The summed E-state index contributed by atoms with van der Waals surface area (Å²) in [6, 6.07) is 15.5. The lowest BCUT2D eigenvalue weighted by molar-refractivity contribution is -0.394. The Morgan fingerprint density at radius 2 is 1.78 bits per heavy atom. The number of carbonyl (C=O) groups excluding carboxylic acids is 2. The van der Waals surface area contributed by atoms with Gasteiger partial charge in [0.2, 0.25) is 6.33 Å². The SMILES string of the molecule is COc1ccc(C=NNC(=O)c2ccccc2NC(=O)c2cccc([N+](=O)[O-])c2C)cc1Cn1cnc([N+](=O)[O-])n1. The van der Waals surface area contributed by atoms with Crippen molar-refractivity contribution in [1.82, 2.24) is 20.2 Å². The molecule has 0 unspecified atom stereocenters. The summed E-state index contributed by atoms with van der Waals surface area (Å²) < 4.78 is 6.64. The van der Waals surface area contributed by atoms with Crippen molar-refractivity contribution in [3.63, 3.8) is 0 Å². The van der Waals surface area contributed by atoms with Crippen molar-refractivity contribution in [3.05, 3.63) is 115 Å². The molecule has 3 aromatic carbocycles. The molecule has 208 valence electrons. The van der Waals surface area contributed by atoms with E-state index in [1.165, 1.54) is 61.6 Å². The van der Waals surface area contributed by atoms with Gasteiger partial charge in [-0.05, 0) is 53.8 Å². The summed E-state index contributed by atoms with van der Waals surface area (Å²) in [5.41, 5.74) is 4.02. The van der Waals surface area contributed by atoms with Gasteiger partial charge in [-0.25, -0.2) is 5.43 Å². The number of nitrogens with zero attached hydrogens (tertiary/aromatic N) is 6. The smallest absolute Gasteiger partial charge is 0.490 e. The van der Waals surface area contributed by atoms with Crippen molar-refractivity contribution in [2.75, 3.05) is 12.4 Å². The van der Waals surface area contributed by atoms with E-state index in [9.17, 15) is 29.8 Å². The average molecular weight is 559 g/mol. The second-order valence-corrected chi connectivity index (χ2v) is 8.48. The van der Waals surface area contributed by atoms with Crippen LogP contribution in [0, 0.1) is 27.2 Å². The van der Waals surface area contributed by atoms with E-state index in [-0.39, 0.29) is 34.6 Å². The Labute approximate surface area is 231 Å². The highest BCUT2D eigenvalue weighted by Crippen LogP contribution is 2.24. The predicted molar refractivity (Wildman–Crippen MR) is 146 cm³/mol. The van der Waals surface area contributed by atoms with Crippen LogP contribution in [-0.4, -0.2) is 49.7 Å². The van der Waals surface area contributed by atoms with Crippen LogP contribution in [0.25, 0.3) is 0 Å². The van der Waals surface area contributed by atoms with Crippen LogP contribution < -0.4 is 15.5 Å². The highest BCUT2D eigenvalue weighted by molar-refractivity contribution is 6.10. The van der Waals surface area contributed by atoms with Crippen LogP contribution in [0.2, 0.25) is 0 Å². The van der Waals surface area contributed by atoms with Gasteiger partial charge < -0.3 is 20.2 Å². The first-order chi connectivity index (χ1) is 19.7. The topological polar surface area (TPSA) is 197 Å². The molecule has 4 rings (SSSR count). The number of aromatic nitrogens is 3. The number of hydrazone groups is 1. The summed E-state index contributed by atoms with van der Waals surface area (Å²) in [6.45, 7) is 1.61. The van der Waals surface area contributed by atoms with Gasteiger partial charge in [-0.3, -0.25) is 19.7 Å². The fourth-order valence-electron chi connectivity index (χ4n) is 3.89. The number of benzene rings is 3. The largest absolute Gasteiger partial charge is 0.496 e.